The summed E-state index contributed by atoms with van der Waals surface area (Å²) in [6.07, 6.45) is 7.69. The van der Waals surface area contributed by atoms with Crippen molar-refractivity contribution in [2.75, 3.05) is 6.54 Å². The minimum atomic E-state index is -0.446. The second-order valence-corrected chi connectivity index (χ2v) is 9.62. The molecule has 1 aromatic carbocycles. The van der Waals surface area contributed by atoms with Crippen LogP contribution in [0.5, 0.6) is 0 Å². The van der Waals surface area contributed by atoms with E-state index >= 15 is 0 Å². The van der Waals surface area contributed by atoms with E-state index in [0.717, 1.165) is 12.5 Å². The van der Waals surface area contributed by atoms with Crippen LogP contribution in [-0.2, 0) is 0 Å². The Morgan fingerprint density at radius 1 is 1.12 bits per heavy atom. The van der Waals surface area contributed by atoms with Crippen molar-refractivity contribution in [1.29, 1.82) is 0 Å². The van der Waals surface area contributed by atoms with Crippen molar-refractivity contribution in [2.24, 2.45) is 22.2 Å². The largest absolute Gasteiger partial charge is 0.351 e. The minimum absolute atomic E-state index is 0.0125. The number of amides is 1. The van der Waals surface area contributed by atoms with Crippen LogP contribution in [0.4, 0.5) is 5.69 Å². The number of non-ortho nitro benzene ring substituents is 1. The van der Waals surface area contributed by atoms with Gasteiger partial charge in [-0.1, -0.05) is 13.8 Å². The third-order valence-electron chi connectivity index (χ3n) is 6.71. The summed E-state index contributed by atoms with van der Waals surface area (Å²) >= 11 is 0. The highest BCUT2D eigenvalue weighted by Gasteiger charge is 2.59. The molecule has 4 aliphatic carbocycles. The van der Waals surface area contributed by atoms with E-state index in [-0.39, 0.29) is 17.0 Å². The summed E-state index contributed by atoms with van der Waals surface area (Å²) < 4.78 is 0. The SMILES string of the molecule is C[C@]12CC3CC(CNC(=O)c4ccc([N+](=O)[O-])cc4)(C1)C[C@@](C)(C3)C2. The van der Waals surface area contributed by atoms with Crippen LogP contribution in [-0.4, -0.2) is 17.4 Å². The van der Waals surface area contributed by atoms with Crippen LogP contribution < -0.4 is 5.32 Å². The summed E-state index contributed by atoms with van der Waals surface area (Å²) in [5.41, 5.74) is 1.61. The summed E-state index contributed by atoms with van der Waals surface area (Å²) in [5, 5.41) is 13.9. The van der Waals surface area contributed by atoms with Gasteiger partial charge >= 0.3 is 0 Å². The van der Waals surface area contributed by atoms with Gasteiger partial charge in [-0.2, -0.15) is 0 Å². The van der Waals surface area contributed by atoms with Crippen LogP contribution in [0.25, 0.3) is 0 Å². The zero-order chi connectivity index (χ0) is 17.9. The third-order valence-corrected chi connectivity index (χ3v) is 6.71. The van der Waals surface area contributed by atoms with E-state index in [1.807, 2.05) is 0 Å². The molecule has 4 aliphatic rings. The molecule has 0 aromatic heterocycles. The molecule has 4 saturated carbocycles. The number of nitro benzene ring substituents is 1. The molecule has 5 rings (SSSR count). The molecule has 0 aliphatic heterocycles. The number of hydrogen-bond acceptors (Lipinski definition) is 3. The number of hydrogen-bond donors (Lipinski definition) is 1. The molecule has 1 amide bonds. The number of carbonyl (C=O) groups is 1. The lowest BCUT2D eigenvalue weighted by Crippen LogP contribution is -2.58. The summed E-state index contributed by atoms with van der Waals surface area (Å²) in [4.78, 5) is 22.8. The van der Waals surface area contributed by atoms with Crippen molar-refractivity contribution < 1.29 is 9.72 Å². The van der Waals surface area contributed by atoms with Crippen molar-refractivity contribution >= 4 is 11.6 Å². The summed E-state index contributed by atoms with van der Waals surface area (Å²) in [6, 6.07) is 5.86. The van der Waals surface area contributed by atoms with E-state index in [2.05, 4.69) is 19.2 Å². The third kappa shape index (κ3) is 2.94. The second kappa shape index (κ2) is 5.29. The maximum absolute atomic E-state index is 12.5. The standard InChI is InChI=1S/C20H26N2O3/c1-18-7-14-8-19(2,10-18)12-20(9-14,11-18)13-21-17(23)15-3-5-16(6-4-15)22(24)25/h3-6,14H,7-13H2,1-2H3,(H,21,23)/t14?,18-,19+,20?. The van der Waals surface area contributed by atoms with Crippen molar-refractivity contribution in [2.45, 2.75) is 52.4 Å². The molecular weight excluding hydrogens is 316 g/mol. The highest BCUT2D eigenvalue weighted by molar-refractivity contribution is 5.94. The maximum atomic E-state index is 12.5. The van der Waals surface area contributed by atoms with Gasteiger partial charge in [0.15, 0.2) is 0 Å². The van der Waals surface area contributed by atoms with Gasteiger partial charge in [0.05, 0.1) is 4.92 Å². The Morgan fingerprint density at radius 3 is 2.24 bits per heavy atom. The molecule has 5 nitrogen and oxygen atoms in total. The Kier molecular flexibility index (Phi) is 3.50. The van der Waals surface area contributed by atoms with Gasteiger partial charge in [0.2, 0.25) is 0 Å². The average Bonchev–Trinajstić information content (AvgIpc) is 2.49. The molecule has 0 radical (unpaired) electrons. The minimum Gasteiger partial charge on any atom is -0.351 e. The first-order valence-electron chi connectivity index (χ1n) is 9.23. The maximum Gasteiger partial charge on any atom is 0.269 e. The van der Waals surface area contributed by atoms with Gasteiger partial charge in [-0.15, -0.1) is 0 Å². The van der Waals surface area contributed by atoms with Crippen molar-refractivity contribution in [3.05, 3.63) is 39.9 Å². The van der Waals surface area contributed by atoms with Crippen molar-refractivity contribution in [1.82, 2.24) is 5.32 Å². The molecular formula is C20H26N2O3. The van der Waals surface area contributed by atoms with E-state index < -0.39 is 4.92 Å². The van der Waals surface area contributed by atoms with Gasteiger partial charge in [0.1, 0.15) is 0 Å². The van der Waals surface area contributed by atoms with E-state index in [0.29, 0.717) is 16.4 Å². The molecule has 4 bridgehead atoms. The number of carbonyl (C=O) groups excluding carboxylic acids is 1. The van der Waals surface area contributed by atoms with Crippen LogP contribution in [0.1, 0.15) is 62.7 Å². The Hall–Kier alpha value is -1.91. The van der Waals surface area contributed by atoms with Crippen molar-refractivity contribution in [3.8, 4) is 0 Å². The van der Waals surface area contributed by atoms with Gasteiger partial charge in [0, 0.05) is 24.2 Å². The number of nitrogens with one attached hydrogen (secondary N) is 1. The fraction of sp³-hybridized carbons (Fsp3) is 0.650. The molecule has 0 spiro atoms. The van der Waals surface area contributed by atoms with Crippen LogP contribution in [0, 0.1) is 32.3 Å². The normalized spacial score (nSPS) is 38.6. The van der Waals surface area contributed by atoms with E-state index in [9.17, 15) is 14.9 Å². The fourth-order valence-electron chi connectivity index (χ4n) is 6.99. The predicted molar refractivity (Wildman–Crippen MR) is 95.3 cm³/mol. The molecule has 25 heavy (non-hydrogen) atoms. The number of nitro groups is 1. The zero-order valence-electron chi connectivity index (χ0n) is 15.0. The van der Waals surface area contributed by atoms with E-state index in [1.54, 1.807) is 0 Å². The first-order valence-corrected chi connectivity index (χ1v) is 9.23. The Bertz CT molecular complexity index is 709. The Labute approximate surface area is 148 Å². The number of nitrogens with zero attached hydrogens (tertiary/aromatic N) is 1. The monoisotopic (exact) mass is 342 g/mol. The van der Waals surface area contributed by atoms with Gasteiger partial charge in [0.25, 0.3) is 11.6 Å². The topological polar surface area (TPSA) is 72.2 Å². The van der Waals surface area contributed by atoms with Crippen LogP contribution in [0.2, 0.25) is 0 Å². The van der Waals surface area contributed by atoms with Crippen LogP contribution >= 0.6 is 0 Å². The highest BCUT2D eigenvalue weighted by atomic mass is 16.6. The average molecular weight is 342 g/mol. The molecule has 4 fully saturated rings. The summed E-state index contributed by atoms with van der Waals surface area (Å²) in [6.45, 7) is 5.59. The molecule has 0 saturated heterocycles. The zero-order valence-corrected chi connectivity index (χ0v) is 15.0. The second-order valence-electron chi connectivity index (χ2n) is 9.62. The smallest absolute Gasteiger partial charge is 0.269 e. The lowest BCUT2D eigenvalue weighted by molar-refractivity contribution is -0.384. The van der Waals surface area contributed by atoms with E-state index in [1.165, 1.54) is 62.8 Å². The number of rotatable bonds is 4. The Balaban J connectivity index is 1.46. The van der Waals surface area contributed by atoms with Gasteiger partial charge in [-0.05, 0) is 72.8 Å². The highest BCUT2D eigenvalue weighted by Crippen LogP contribution is 2.69. The summed E-state index contributed by atoms with van der Waals surface area (Å²) in [7, 11) is 0. The molecule has 0 heterocycles. The first kappa shape index (κ1) is 16.6. The van der Waals surface area contributed by atoms with Gasteiger partial charge in [-0.3, -0.25) is 14.9 Å². The van der Waals surface area contributed by atoms with Gasteiger partial charge in [-0.25, -0.2) is 0 Å². The van der Waals surface area contributed by atoms with Crippen LogP contribution in [0.3, 0.4) is 0 Å². The molecule has 134 valence electrons. The number of benzene rings is 1. The molecule has 4 atom stereocenters. The fourth-order valence-corrected chi connectivity index (χ4v) is 6.99. The quantitative estimate of drug-likeness (QED) is 0.654. The predicted octanol–water partition coefficient (Wildman–Crippen LogP) is 4.32. The Morgan fingerprint density at radius 2 is 1.72 bits per heavy atom. The molecule has 5 heteroatoms. The van der Waals surface area contributed by atoms with Crippen molar-refractivity contribution in [3.63, 3.8) is 0 Å². The summed E-state index contributed by atoms with van der Waals surface area (Å²) in [5.74, 6) is 0.684. The lowest BCUT2D eigenvalue weighted by atomic mass is 9.40. The first-order chi connectivity index (χ1) is 11.7. The van der Waals surface area contributed by atoms with Gasteiger partial charge < -0.3 is 5.32 Å². The molecule has 1 aromatic rings. The molecule has 2 unspecified atom stereocenters. The lowest BCUT2D eigenvalue weighted by Gasteiger charge is -2.65. The van der Waals surface area contributed by atoms with Crippen LogP contribution in [0.15, 0.2) is 24.3 Å². The van der Waals surface area contributed by atoms with E-state index in [4.69, 9.17) is 0 Å². The molecule has 1 N–H and O–H groups in total.